The van der Waals surface area contributed by atoms with Crippen LogP contribution in [0, 0.1) is 0 Å². The van der Waals surface area contributed by atoms with Gasteiger partial charge in [0.2, 0.25) is 0 Å². The Morgan fingerprint density at radius 3 is 2.31 bits per heavy atom. The van der Waals surface area contributed by atoms with Crippen LogP contribution < -0.4 is 20.4 Å². The summed E-state index contributed by atoms with van der Waals surface area (Å²) in [5, 5.41) is 14.0. The predicted molar refractivity (Wildman–Crippen MR) is 101 cm³/mol. The highest BCUT2D eigenvalue weighted by Gasteiger charge is 2.28. The molecule has 0 spiro atoms. The second-order valence-corrected chi connectivity index (χ2v) is 6.95. The van der Waals surface area contributed by atoms with Gasteiger partial charge in [-0.2, -0.15) is 0 Å². The molecule has 0 bridgehead atoms. The van der Waals surface area contributed by atoms with Crippen LogP contribution in [0.25, 0.3) is 0 Å². The van der Waals surface area contributed by atoms with Gasteiger partial charge in [-0.3, -0.25) is 9.59 Å². The standard InChI is InChI=1S/C19H30N4O3/c1-22(2)16-8-6-15(7-9-16)17(23-11-3-4-12-23)14-21-19(26)18(25)20-10-5-13-24/h6-9,17,24H,3-5,10-14H2,1-2H3,(H,20,25)(H,21,26)/p+1/t17-/m0/s1. The highest BCUT2D eigenvalue weighted by Crippen LogP contribution is 2.17. The van der Waals surface area contributed by atoms with Crippen molar-refractivity contribution in [1.29, 1.82) is 0 Å². The minimum absolute atomic E-state index is 0.00869. The Morgan fingerprint density at radius 1 is 1.12 bits per heavy atom. The van der Waals surface area contributed by atoms with Gasteiger partial charge in [-0.1, -0.05) is 12.1 Å². The average molecular weight is 363 g/mol. The molecule has 1 aliphatic rings. The smallest absolute Gasteiger partial charge is 0.309 e. The van der Waals surface area contributed by atoms with Gasteiger partial charge in [0.25, 0.3) is 0 Å². The number of aliphatic hydroxyl groups excluding tert-OH is 1. The van der Waals surface area contributed by atoms with Gasteiger partial charge in [0, 0.05) is 51.3 Å². The fourth-order valence-electron chi connectivity index (χ4n) is 3.32. The van der Waals surface area contributed by atoms with Crippen molar-refractivity contribution >= 4 is 17.5 Å². The summed E-state index contributed by atoms with van der Waals surface area (Å²) in [6.07, 6.45) is 2.83. The van der Waals surface area contributed by atoms with Crippen molar-refractivity contribution in [3.8, 4) is 0 Å². The maximum Gasteiger partial charge on any atom is 0.309 e. The summed E-state index contributed by atoms with van der Waals surface area (Å²) in [4.78, 5) is 27.3. The Morgan fingerprint density at radius 2 is 1.73 bits per heavy atom. The Balaban J connectivity index is 1.99. The summed E-state index contributed by atoms with van der Waals surface area (Å²) >= 11 is 0. The molecule has 1 saturated heterocycles. The zero-order chi connectivity index (χ0) is 18.9. The number of hydrogen-bond acceptors (Lipinski definition) is 4. The molecule has 7 nitrogen and oxygen atoms in total. The van der Waals surface area contributed by atoms with Crippen LogP contribution in [0.15, 0.2) is 24.3 Å². The summed E-state index contributed by atoms with van der Waals surface area (Å²) in [7, 11) is 4.02. The molecule has 144 valence electrons. The molecule has 1 aromatic carbocycles. The summed E-state index contributed by atoms with van der Waals surface area (Å²) in [6, 6.07) is 8.53. The molecule has 1 aliphatic heterocycles. The van der Waals surface area contributed by atoms with Crippen molar-refractivity contribution in [3.05, 3.63) is 29.8 Å². The Kier molecular flexibility index (Phi) is 7.87. The van der Waals surface area contributed by atoms with Gasteiger partial charge in [0.1, 0.15) is 6.04 Å². The van der Waals surface area contributed by atoms with E-state index in [0.717, 1.165) is 18.8 Å². The zero-order valence-corrected chi connectivity index (χ0v) is 15.8. The van der Waals surface area contributed by atoms with Crippen molar-refractivity contribution in [2.24, 2.45) is 0 Å². The van der Waals surface area contributed by atoms with Crippen LogP contribution in [0.3, 0.4) is 0 Å². The van der Waals surface area contributed by atoms with Crippen molar-refractivity contribution in [1.82, 2.24) is 10.6 Å². The second-order valence-electron chi connectivity index (χ2n) is 6.95. The van der Waals surface area contributed by atoms with Crippen LogP contribution in [-0.2, 0) is 9.59 Å². The number of anilines is 1. The number of likely N-dealkylation sites (tertiary alicyclic amines) is 1. The van der Waals surface area contributed by atoms with Crippen molar-refractivity contribution in [3.63, 3.8) is 0 Å². The summed E-state index contributed by atoms with van der Waals surface area (Å²) in [6.45, 7) is 2.89. The monoisotopic (exact) mass is 363 g/mol. The number of benzene rings is 1. The first-order valence-electron chi connectivity index (χ1n) is 9.31. The highest BCUT2D eigenvalue weighted by molar-refractivity contribution is 6.35. The van der Waals surface area contributed by atoms with E-state index in [2.05, 4.69) is 39.8 Å². The third-order valence-corrected chi connectivity index (χ3v) is 4.84. The number of aliphatic hydroxyl groups is 1. The van der Waals surface area contributed by atoms with E-state index in [1.807, 2.05) is 14.1 Å². The van der Waals surface area contributed by atoms with Gasteiger partial charge in [0.05, 0.1) is 19.6 Å². The molecule has 26 heavy (non-hydrogen) atoms. The molecular formula is C19H31N4O3+. The van der Waals surface area contributed by atoms with Crippen molar-refractivity contribution in [2.45, 2.75) is 25.3 Å². The number of hydrogen-bond donors (Lipinski definition) is 4. The minimum atomic E-state index is -0.642. The lowest BCUT2D eigenvalue weighted by Crippen LogP contribution is -3.11. The van der Waals surface area contributed by atoms with Crippen LogP contribution in [-0.4, -0.2) is 63.8 Å². The van der Waals surface area contributed by atoms with Crippen LogP contribution in [0.4, 0.5) is 5.69 Å². The van der Waals surface area contributed by atoms with E-state index in [4.69, 9.17) is 5.11 Å². The molecule has 0 aliphatic carbocycles. The number of nitrogens with one attached hydrogen (secondary N) is 3. The van der Waals surface area contributed by atoms with E-state index < -0.39 is 11.8 Å². The maximum atomic E-state index is 12.0. The normalized spacial score (nSPS) is 15.5. The lowest BCUT2D eigenvalue weighted by Gasteiger charge is -2.25. The molecule has 0 unspecified atom stereocenters. The van der Waals surface area contributed by atoms with Crippen LogP contribution in [0.2, 0.25) is 0 Å². The topological polar surface area (TPSA) is 86.1 Å². The molecule has 7 heteroatoms. The molecule has 2 rings (SSSR count). The van der Waals surface area contributed by atoms with E-state index in [1.165, 1.54) is 23.3 Å². The van der Waals surface area contributed by atoms with E-state index >= 15 is 0 Å². The maximum absolute atomic E-state index is 12.0. The van der Waals surface area contributed by atoms with Crippen molar-refractivity contribution in [2.75, 3.05) is 51.8 Å². The molecule has 4 N–H and O–H groups in total. The second kappa shape index (κ2) is 10.1. The molecule has 2 amide bonds. The predicted octanol–water partition coefficient (Wildman–Crippen LogP) is -0.913. The lowest BCUT2D eigenvalue weighted by molar-refractivity contribution is -0.918. The van der Waals surface area contributed by atoms with Crippen LogP contribution in [0.5, 0.6) is 0 Å². The molecule has 0 saturated carbocycles. The summed E-state index contributed by atoms with van der Waals surface area (Å²) < 4.78 is 0. The fourth-order valence-corrected chi connectivity index (χ4v) is 3.32. The van der Waals surface area contributed by atoms with Gasteiger partial charge in [-0.25, -0.2) is 0 Å². The number of amides is 2. The van der Waals surface area contributed by atoms with Gasteiger partial charge in [0.15, 0.2) is 0 Å². The van der Waals surface area contributed by atoms with E-state index in [1.54, 1.807) is 0 Å². The first-order chi connectivity index (χ1) is 12.5. The fraction of sp³-hybridized carbons (Fsp3) is 0.579. The molecular weight excluding hydrogens is 332 g/mol. The average Bonchev–Trinajstić information content (AvgIpc) is 3.16. The third kappa shape index (κ3) is 5.71. The molecule has 1 heterocycles. The number of rotatable bonds is 8. The molecule has 1 atom stereocenters. The number of nitrogens with zero attached hydrogens (tertiary/aromatic N) is 1. The van der Waals surface area contributed by atoms with E-state index in [0.29, 0.717) is 19.5 Å². The van der Waals surface area contributed by atoms with Crippen LogP contribution in [0.1, 0.15) is 30.9 Å². The van der Waals surface area contributed by atoms with Gasteiger partial charge in [-0.15, -0.1) is 0 Å². The van der Waals surface area contributed by atoms with Crippen molar-refractivity contribution < 1.29 is 19.6 Å². The Hall–Kier alpha value is -2.12. The third-order valence-electron chi connectivity index (χ3n) is 4.84. The van der Waals surface area contributed by atoms with Gasteiger partial charge >= 0.3 is 11.8 Å². The molecule has 0 radical (unpaired) electrons. The highest BCUT2D eigenvalue weighted by atomic mass is 16.3. The molecule has 1 aromatic rings. The van der Waals surface area contributed by atoms with Gasteiger partial charge in [-0.05, 0) is 18.6 Å². The minimum Gasteiger partial charge on any atom is -0.396 e. The Labute approximate surface area is 155 Å². The number of quaternary nitrogens is 1. The lowest BCUT2D eigenvalue weighted by atomic mass is 10.0. The Bertz CT molecular complexity index is 583. The molecule has 0 aromatic heterocycles. The first-order valence-corrected chi connectivity index (χ1v) is 9.31. The van der Waals surface area contributed by atoms with Gasteiger partial charge < -0.3 is 25.5 Å². The first kappa shape index (κ1) is 20.2. The SMILES string of the molecule is CN(C)c1ccc([C@H](CNC(=O)C(=O)NCCCO)[NH+]2CCCC2)cc1. The summed E-state index contributed by atoms with van der Waals surface area (Å²) in [5.41, 5.74) is 2.31. The zero-order valence-electron chi connectivity index (χ0n) is 15.8. The largest absolute Gasteiger partial charge is 0.396 e. The van der Waals surface area contributed by atoms with E-state index in [-0.39, 0.29) is 12.6 Å². The molecule has 1 fully saturated rings. The van der Waals surface area contributed by atoms with E-state index in [9.17, 15) is 9.59 Å². The number of carbonyl (C=O) groups is 2. The number of carbonyl (C=O) groups excluding carboxylic acids is 2. The van der Waals surface area contributed by atoms with Crippen LogP contribution >= 0.6 is 0 Å². The quantitative estimate of drug-likeness (QED) is 0.356. The summed E-state index contributed by atoms with van der Waals surface area (Å²) in [5.74, 6) is -1.26.